The normalized spacial score (nSPS) is 16.1. The first-order valence-corrected chi connectivity index (χ1v) is 9.65. The van der Waals surface area contributed by atoms with E-state index in [9.17, 15) is 23.1 Å². The van der Waals surface area contributed by atoms with Gasteiger partial charge in [-0.2, -0.15) is 18.3 Å². The summed E-state index contributed by atoms with van der Waals surface area (Å²) in [5.41, 5.74) is 2.07. The van der Waals surface area contributed by atoms with Gasteiger partial charge in [0.25, 0.3) is 0 Å². The van der Waals surface area contributed by atoms with Gasteiger partial charge in [0, 0.05) is 25.2 Å². The van der Waals surface area contributed by atoms with E-state index >= 15 is 0 Å². The van der Waals surface area contributed by atoms with Gasteiger partial charge in [0.2, 0.25) is 0 Å². The lowest BCUT2D eigenvalue weighted by molar-refractivity contribution is -0.192. The van der Waals surface area contributed by atoms with Gasteiger partial charge in [0.1, 0.15) is 5.54 Å². The summed E-state index contributed by atoms with van der Waals surface area (Å²) < 4.78 is 33.5. The van der Waals surface area contributed by atoms with Crippen molar-refractivity contribution in [1.29, 1.82) is 0 Å². The smallest absolute Gasteiger partial charge is 0.480 e. The Morgan fingerprint density at radius 1 is 1.19 bits per heavy atom. The van der Waals surface area contributed by atoms with Crippen LogP contribution >= 0.6 is 0 Å². The molecule has 0 saturated heterocycles. The molecule has 3 N–H and O–H groups in total. The molecule has 0 spiro atoms. The van der Waals surface area contributed by atoms with Crippen LogP contribution in [0.3, 0.4) is 0 Å². The number of hydrogen-bond acceptors (Lipinski definition) is 5. The van der Waals surface area contributed by atoms with Crippen LogP contribution in [0.2, 0.25) is 0 Å². The molecule has 0 aliphatic heterocycles. The molecule has 0 amide bonds. The van der Waals surface area contributed by atoms with Gasteiger partial charge in [-0.1, -0.05) is 11.6 Å². The monoisotopic (exact) mass is 442 g/mol. The van der Waals surface area contributed by atoms with Crippen LogP contribution in [-0.4, -0.2) is 48.6 Å². The molecule has 3 rings (SSSR count). The highest BCUT2D eigenvalue weighted by Crippen LogP contribution is 2.26. The first kappa shape index (κ1) is 24.3. The minimum atomic E-state index is -5.08. The molecule has 170 valence electrons. The van der Waals surface area contributed by atoms with Gasteiger partial charge in [-0.25, -0.2) is 9.78 Å². The number of fused-ring (bicyclic) bond motifs is 1. The van der Waals surface area contributed by atoms with Crippen molar-refractivity contribution in [2.24, 2.45) is 7.05 Å². The third-order valence-corrected chi connectivity index (χ3v) is 4.99. The number of carboxylic acids is 2. The fraction of sp³-hybridized carbons (Fsp3) is 0.500. The van der Waals surface area contributed by atoms with Gasteiger partial charge in [-0.05, 0) is 50.7 Å². The molecule has 0 fully saturated rings. The predicted octanol–water partition coefficient (Wildman–Crippen LogP) is 3.43. The summed E-state index contributed by atoms with van der Waals surface area (Å²) in [4.78, 5) is 25.1. The molecule has 2 aromatic heterocycles. The van der Waals surface area contributed by atoms with E-state index in [0.29, 0.717) is 13.0 Å². The number of aromatic nitrogens is 3. The number of aryl methyl sites for hydroxylation is 1. The summed E-state index contributed by atoms with van der Waals surface area (Å²) in [6.07, 6.45) is 5.65. The lowest BCUT2D eigenvalue weighted by Gasteiger charge is -2.28. The molecule has 2 aromatic rings. The molecule has 0 aromatic carbocycles. The Bertz CT molecular complexity index is 971. The zero-order chi connectivity index (χ0) is 23.2. The Kier molecular flexibility index (Phi) is 7.77. The maximum Gasteiger partial charge on any atom is 0.490 e. The number of carboxylic acid groups (broad SMARTS) is 2. The largest absolute Gasteiger partial charge is 0.490 e. The maximum atomic E-state index is 11.8. The molecule has 11 heteroatoms. The lowest BCUT2D eigenvalue weighted by Crippen LogP contribution is -2.49. The zero-order valence-corrected chi connectivity index (χ0v) is 17.2. The number of aliphatic carboxylic acids is 2. The molecule has 1 aliphatic carbocycles. The summed E-state index contributed by atoms with van der Waals surface area (Å²) in [6.45, 7) is 2.23. The van der Waals surface area contributed by atoms with Crippen molar-refractivity contribution in [3.8, 4) is 0 Å². The van der Waals surface area contributed by atoms with Gasteiger partial charge < -0.3 is 10.2 Å². The molecular formula is C20H25F3N4O4. The van der Waals surface area contributed by atoms with Crippen molar-refractivity contribution in [2.45, 2.75) is 57.3 Å². The average Bonchev–Trinajstić information content (AvgIpc) is 3.07. The van der Waals surface area contributed by atoms with Crippen LogP contribution in [0.5, 0.6) is 0 Å². The lowest BCUT2D eigenvalue weighted by atomic mass is 9.87. The molecule has 0 radical (unpaired) electrons. The molecule has 31 heavy (non-hydrogen) atoms. The third-order valence-electron chi connectivity index (χ3n) is 4.99. The van der Waals surface area contributed by atoms with Gasteiger partial charge in [-0.3, -0.25) is 14.8 Å². The summed E-state index contributed by atoms with van der Waals surface area (Å²) in [6, 6.07) is 2.00. The SMILES string of the molecule is Cn1ncc2cc(CNC(C)(CC3=CCCCC3)C(=O)O)cnc21.O=C(O)C(F)(F)F. The standard InChI is InChI=1S/C18H24N4O2.C2HF3O2/c1-18(17(23)24,9-13-6-4-3-5-7-13)20-11-14-8-15-12-21-22(2)16(15)19-10-14;3-2(4,5)1(6)7/h6,8,10,12,20H,3-5,7,9,11H2,1-2H3,(H,23,24);(H,6,7). The predicted molar refractivity (Wildman–Crippen MR) is 106 cm³/mol. The molecular weight excluding hydrogens is 417 g/mol. The van der Waals surface area contributed by atoms with Crippen LogP contribution in [0.4, 0.5) is 13.2 Å². The molecule has 1 aliphatic rings. The van der Waals surface area contributed by atoms with Gasteiger partial charge in [-0.15, -0.1) is 0 Å². The maximum absolute atomic E-state index is 11.8. The van der Waals surface area contributed by atoms with E-state index in [4.69, 9.17) is 9.90 Å². The van der Waals surface area contributed by atoms with Gasteiger partial charge in [0.15, 0.2) is 5.65 Å². The second-order valence-corrected chi connectivity index (χ2v) is 7.60. The van der Waals surface area contributed by atoms with Gasteiger partial charge >= 0.3 is 18.1 Å². The van der Waals surface area contributed by atoms with Crippen LogP contribution < -0.4 is 5.32 Å². The quantitative estimate of drug-likeness (QED) is 0.587. The first-order chi connectivity index (χ1) is 14.4. The van der Waals surface area contributed by atoms with E-state index in [1.165, 1.54) is 12.0 Å². The van der Waals surface area contributed by atoms with Crippen LogP contribution in [0.25, 0.3) is 11.0 Å². The number of nitrogens with zero attached hydrogens (tertiary/aromatic N) is 3. The number of nitrogens with one attached hydrogen (secondary N) is 1. The summed E-state index contributed by atoms with van der Waals surface area (Å²) in [7, 11) is 1.85. The van der Waals surface area contributed by atoms with Crippen molar-refractivity contribution in [1.82, 2.24) is 20.1 Å². The van der Waals surface area contributed by atoms with Crippen LogP contribution in [0.15, 0.2) is 30.1 Å². The second kappa shape index (κ2) is 9.90. The Balaban J connectivity index is 0.000000423. The Morgan fingerprint density at radius 2 is 1.87 bits per heavy atom. The van der Waals surface area contributed by atoms with E-state index in [-0.39, 0.29) is 0 Å². The Hall–Kier alpha value is -2.95. The number of allylic oxidation sites excluding steroid dienone is 1. The molecule has 0 saturated carbocycles. The molecule has 1 unspecified atom stereocenters. The number of alkyl halides is 3. The van der Waals surface area contributed by atoms with Crippen molar-refractivity contribution in [3.05, 3.63) is 35.7 Å². The summed E-state index contributed by atoms with van der Waals surface area (Å²) in [5.74, 6) is -3.57. The van der Waals surface area contributed by atoms with E-state index in [0.717, 1.165) is 35.9 Å². The fourth-order valence-corrected chi connectivity index (χ4v) is 3.22. The highest BCUT2D eigenvalue weighted by molar-refractivity contribution is 5.79. The molecule has 2 heterocycles. The Morgan fingerprint density at radius 3 is 2.42 bits per heavy atom. The van der Waals surface area contributed by atoms with Crippen molar-refractivity contribution >= 4 is 23.0 Å². The van der Waals surface area contributed by atoms with E-state index in [1.807, 2.05) is 13.1 Å². The van der Waals surface area contributed by atoms with Crippen molar-refractivity contribution < 1.29 is 33.0 Å². The zero-order valence-electron chi connectivity index (χ0n) is 17.2. The van der Waals surface area contributed by atoms with Gasteiger partial charge in [0.05, 0.1) is 6.20 Å². The second-order valence-electron chi connectivity index (χ2n) is 7.60. The van der Waals surface area contributed by atoms with Crippen LogP contribution in [0, 0.1) is 0 Å². The minimum Gasteiger partial charge on any atom is -0.480 e. The number of hydrogen-bond donors (Lipinski definition) is 3. The molecule has 0 bridgehead atoms. The molecule has 1 atom stereocenters. The average molecular weight is 442 g/mol. The molecule has 8 nitrogen and oxygen atoms in total. The van der Waals surface area contributed by atoms with Crippen molar-refractivity contribution in [3.63, 3.8) is 0 Å². The Labute approximate surface area is 176 Å². The fourth-order valence-electron chi connectivity index (χ4n) is 3.22. The van der Waals surface area contributed by atoms with E-state index in [2.05, 4.69) is 21.5 Å². The summed E-state index contributed by atoms with van der Waals surface area (Å²) >= 11 is 0. The first-order valence-electron chi connectivity index (χ1n) is 9.65. The van der Waals surface area contributed by atoms with E-state index < -0.39 is 23.7 Å². The van der Waals surface area contributed by atoms with Crippen molar-refractivity contribution in [2.75, 3.05) is 0 Å². The topological polar surface area (TPSA) is 117 Å². The summed E-state index contributed by atoms with van der Waals surface area (Å²) in [5, 5.41) is 25.2. The number of carbonyl (C=O) groups is 2. The number of rotatable bonds is 6. The van der Waals surface area contributed by atoms with Crippen LogP contribution in [-0.2, 0) is 23.2 Å². The third kappa shape index (κ3) is 6.78. The number of pyridine rings is 1. The highest BCUT2D eigenvalue weighted by Gasteiger charge is 2.38. The minimum absolute atomic E-state index is 0.466. The van der Waals surface area contributed by atoms with E-state index in [1.54, 1.807) is 24.0 Å². The van der Waals surface area contributed by atoms with Crippen LogP contribution in [0.1, 0.15) is 44.6 Å². The highest BCUT2D eigenvalue weighted by atomic mass is 19.4. The number of halogens is 3.